The average Bonchev–Trinajstić information content (AvgIpc) is 3.35. The van der Waals surface area contributed by atoms with Crippen molar-refractivity contribution < 1.29 is 9.59 Å². The molecule has 0 bridgehead atoms. The van der Waals surface area contributed by atoms with Crippen molar-refractivity contribution in [2.45, 2.75) is 25.2 Å². The van der Waals surface area contributed by atoms with E-state index in [1.807, 2.05) is 18.2 Å². The van der Waals surface area contributed by atoms with Crippen LogP contribution in [-0.2, 0) is 17.6 Å². The van der Waals surface area contributed by atoms with E-state index in [4.69, 9.17) is 0 Å². The number of carbonyl (C=O) groups excluding carboxylic acids is 2. The maximum atomic E-state index is 12.3. The number of benzene rings is 2. The molecular formula is C23H21NO2. The van der Waals surface area contributed by atoms with Gasteiger partial charge >= 0.3 is 0 Å². The highest BCUT2D eigenvalue weighted by Crippen LogP contribution is 2.35. The minimum Gasteiger partial charge on any atom is -0.298 e. The van der Waals surface area contributed by atoms with Gasteiger partial charge in [-0.3, -0.25) is 14.5 Å². The third-order valence-corrected chi connectivity index (χ3v) is 6.05. The van der Waals surface area contributed by atoms with Crippen molar-refractivity contribution in [3.8, 4) is 0 Å². The Labute approximate surface area is 153 Å². The summed E-state index contributed by atoms with van der Waals surface area (Å²) in [6.07, 6.45) is 4.71. The molecule has 1 saturated heterocycles. The van der Waals surface area contributed by atoms with E-state index in [1.54, 1.807) is 0 Å². The second kappa shape index (κ2) is 6.03. The number of fused-ring (bicyclic) bond motifs is 2. The van der Waals surface area contributed by atoms with Crippen molar-refractivity contribution in [3.63, 3.8) is 0 Å². The molecule has 130 valence electrons. The monoisotopic (exact) mass is 343 g/mol. The molecule has 0 amide bonds. The lowest BCUT2D eigenvalue weighted by Gasteiger charge is -2.18. The Kier molecular flexibility index (Phi) is 3.64. The van der Waals surface area contributed by atoms with Gasteiger partial charge in [0.15, 0.2) is 0 Å². The van der Waals surface area contributed by atoms with E-state index in [-0.39, 0.29) is 18.0 Å². The number of ketones is 2. The van der Waals surface area contributed by atoms with Crippen LogP contribution < -0.4 is 0 Å². The number of hydrogen-bond acceptors (Lipinski definition) is 3. The summed E-state index contributed by atoms with van der Waals surface area (Å²) in [6, 6.07) is 14.6. The van der Waals surface area contributed by atoms with Gasteiger partial charge in [-0.05, 0) is 53.1 Å². The Bertz CT molecular complexity index is 956. The van der Waals surface area contributed by atoms with E-state index in [0.717, 1.165) is 43.6 Å². The van der Waals surface area contributed by atoms with Crippen LogP contribution in [0.5, 0.6) is 0 Å². The van der Waals surface area contributed by atoms with E-state index in [2.05, 4.69) is 35.2 Å². The molecule has 3 aliphatic rings. The van der Waals surface area contributed by atoms with Gasteiger partial charge in [0.1, 0.15) is 0 Å². The van der Waals surface area contributed by atoms with E-state index in [9.17, 15) is 9.59 Å². The minimum absolute atomic E-state index is 0.255. The lowest BCUT2D eigenvalue weighted by atomic mass is 9.91. The molecule has 0 spiro atoms. The van der Waals surface area contributed by atoms with Crippen molar-refractivity contribution in [2.75, 3.05) is 19.6 Å². The van der Waals surface area contributed by atoms with Gasteiger partial charge in [-0.25, -0.2) is 0 Å². The molecule has 1 unspecified atom stereocenters. The molecule has 3 heteroatoms. The summed E-state index contributed by atoms with van der Waals surface area (Å²) in [4.78, 5) is 26.6. The molecular weight excluding hydrogens is 322 g/mol. The summed E-state index contributed by atoms with van der Waals surface area (Å²) in [7, 11) is 0. The van der Waals surface area contributed by atoms with Crippen molar-refractivity contribution in [1.29, 1.82) is 0 Å². The number of likely N-dealkylation sites (tertiary alicyclic amines) is 1. The summed E-state index contributed by atoms with van der Waals surface area (Å²) >= 11 is 0. The van der Waals surface area contributed by atoms with Gasteiger partial charge in [0.05, 0.1) is 0 Å². The summed E-state index contributed by atoms with van der Waals surface area (Å²) in [5.74, 6) is -0.187. The third kappa shape index (κ3) is 2.46. The highest BCUT2D eigenvalue weighted by atomic mass is 16.2. The predicted molar refractivity (Wildman–Crippen MR) is 101 cm³/mol. The van der Waals surface area contributed by atoms with E-state index in [1.165, 1.54) is 16.7 Å². The maximum Gasteiger partial charge on any atom is 0.229 e. The molecule has 2 aliphatic carbocycles. The number of rotatable bonds is 3. The van der Waals surface area contributed by atoms with Crippen LogP contribution in [-0.4, -0.2) is 36.1 Å². The van der Waals surface area contributed by atoms with Crippen LogP contribution in [0.15, 0.2) is 48.5 Å². The van der Waals surface area contributed by atoms with Crippen LogP contribution in [0.2, 0.25) is 0 Å². The van der Waals surface area contributed by atoms with Crippen LogP contribution in [0.3, 0.4) is 0 Å². The van der Waals surface area contributed by atoms with Crippen molar-refractivity contribution in [3.05, 3.63) is 76.4 Å². The zero-order chi connectivity index (χ0) is 17.7. The van der Waals surface area contributed by atoms with Crippen LogP contribution in [0.4, 0.5) is 0 Å². The SMILES string of the molecule is O=C1Cc2cccc(C3CCN(CC4=CCc5ccccc54)C3)c2C1=O. The fraction of sp³-hybridized carbons (Fsp3) is 0.304. The smallest absolute Gasteiger partial charge is 0.229 e. The summed E-state index contributed by atoms with van der Waals surface area (Å²) in [6.45, 7) is 2.96. The van der Waals surface area contributed by atoms with Crippen LogP contribution in [0, 0.1) is 0 Å². The van der Waals surface area contributed by atoms with Crippen molar-refractivity contribution in [2.24, 2.45) is 0 Å². The standard InChI is InChI=1S/C23H21NO2/c25-21-12-16-5-3-7-20(22(16)23(21)26)18-10-11-24(14-18)13-17-9-8-15-4-1-2-6-19(15)17/h1-7,9,18H,8,10-14H2. The van der Waals surface area contributed by atoms with E-state index in [0.29, 0.717) is 11.5 Å². The zero-order valence-corrected chi connectivity index (χ0v) is 14.7. The molecule has 3 nitrogen and oxygen atoms in total. The number of carbonyl (C=O) groups is 2. The normalized spacial score (nSPS) is 21.8. The van der Waals surface area contributed by atoms with Crippen LogP contribution >= 0.6 is 0 Å². The average molecular weight is 343 g/mol. The number of nitrogens with zero attached hydrogens (tertiary/aromatic N) is 1. The molecule has 0 aromatic heterocycles. The van der Waals surface area contributed by atoms with Gasteiger partial charge in [0, 0.05) is 25.1 Å². The first-order valence-electron chi connectivity index (χ1n) is 9.39. The van der Waals surface area contributed by atoms with Gasteiger partial charge in [-0.15, -0.1) is 0 Å². The fourth-order valence-corrected chi connectivity index (χ4v) is 4.75. The quantitative estimate of drug-likeness (QED) is 0.802. The second-order valence-electron chi connectivity index (χ2n) is 7.62. The van der Waals surface area contributed by atoms with E-state index < -0.39 is 0 Å². The lowest BCUT2D eigenvalue weighted by molar-refractivity contribution is -0.114. The fourth-order valence-electron chi connectivity index (χ4n) is 4.75. The largest absolute Gasteiger partial charge is 0.298 e. The first-order chi connectivity index (χ1) is 12.7. The summed E-state index contributed by atoms with van der Waals surface area (Å²) in [5.41, 5.74) is 6.94. The topological polar surface area (TPSA) is 37.4 Å². The highest BCUT2D eigenvalue weighted by molar-refractivity contribution is 6.47. The second-order valence-corrected chi connectivity index (χ2v) is 7.62. The Morgan fingerprint density at radius 3 is 2.77 bits per heavy atom. The first kappa shape index (κ1) is 15.7. The molecule has 26 heavy (non-hydrogen) atoms. The number of Topliss-reactive ketones (excluding diaryl/α,β-unsaturated/α-hetero) is 2. The molecule has 1 fully saturated rings. The van der Waals surface area contributed by atoms with Gasteiger partial charge in [0.2, 0.25) is 11.6 Å². The molecule has 2 aromatic carbocycles. The Balaban J connectivity index is 1.35. The van der Waals surface area contributed by atoms with Crippen LogP contribution in [0.1, 0.15) is 45.0 Å². The molecule has 1 aliphatic heterocycles. The zero-order valence-electron chi connectivity index (χ0n) is 14.7. The highest BCUT2D eigenvalue weighted by Gasteiger charge is 2.35. The molecule has 1 heterocycles. The lowest BCUT2D eigenvalue weighted by Crippen LogP contribution is -2.22. The molecule has 0 saturated carbocycles. The molecule has 0 N–H and O–H groups in total. The van der Waals surface area contributed by atoms with E-state index >= 15 is 0 Å². The Morgan fingerprint density at radius 1 is 1.00 bits per heavy atom. The summed E-state index contributed by atoms with van der Waals surface area (Å²) in [5, 5.41) is 0. The van der Waals surface area contributed by atoms with Gasteiger partial charge < -0.3 is 0 Å². The Morgan fingerprint density at radius 2 is 1.85 bits per heavy atom. The first-order valence-corrected chi connectivity index (χ1v) is 9.39. The minimum atomic E-state index is -0.276. The van der Waals surface area contributed by atoms with Crippen molar-refractivity contribution >= 4 is 17.1 Å². The van der Waals surface area contributed by atoms with Gasteiger partial charge in [-0.2, -0.15) is 0 Å². The molecule has 0 radical (unpaired) electrons. The van der Waals surface area contributed by atoms with Crippen LogP contribution in [0.25, 0.3) is 5.57 Å². The number of allylic oxidation sites excluding steroid dienone is 1. The van der Waals surface area contributed by atoms with Crippen molar-refractivity contribution in [1.82, 2.24) is 4.90 Å². The van der Waals surface area contributed by atoms with Gasteiger partial charge in [0.25, 0.3) is 0 Å². The maximum absolute atomic E-state index is 12.3. The van der Waals surface area contributed by atoms with Gasteiger partial charge in [-0.1, -0.05) is 48.5 Å². The molecule has 5 rings (SSSR count). The number of hydrogen-bond donors (Lipinski definition) is 0. The molecule has 1 atom stereocenters. The summed E-state index contributed by atoms with van der Waals surface area (Å²) < 4.78 is 0. The Hall–Kier alpha value is -2.52. The predicted octanol–water partition coefficient (Wildman–Crippen LogP) is 3.42. The third-order valence-electron chi connectivity index (χ3n) is 6.05. The molecule has 2 aromatic rings.